The van der Waals surface area contributed by atoms with Gasteiger partial charge in [-0.2, -0.15) is 4.98 Å². The first-order valence-corrected chi connectivity index (χ1v) is 6.08. The van der Waals surface area contributed by atoms with E-state index in [0.717, 1.165) is 6.42 Å². The van der Waals surface area contributed by atoms with Gasteiger partial charge in [-0.15, -0.1) is 0 Å². The second-order valence-electron chi connectivity index (χ2n) is 4.56. The summed E-state index contributed by atoms with van der Waals surface area (Å²) in [5.41, 5.74) is 5.93. The van der Waals surface area contributed by atoms with Crippen LogP contribution in [0.3, 0.4) is 0 Å². The maximum Gasteiger partial charge on any atom is 0.227 e. The summed E-state index contributed by atoms with van der Waals surface area (Å²) in [7, 11) is 1.68. The van der Waals surface area contributed by atoms with Crippen LogP contribution in [-0.4, -0.2) is 34.3 Å². The van der Waals surface area contributed by atoms with Crippen molar-refractivity contribution in [3.63, 3.8) is 0 Å². The SMILES string of the molecule is COC(C)(C)CCOc1nc(C)ncc1C(N)=S. The maximum absolute atomic E-state index is 5.62. The lowest BCUT2D eigenvalue weighted by Crippen LogP contribution is -2.25. The van der Waals surface area contributed by atoms with E-state index in [0.29, 0.717) is 23.9 Å². The largest absolute Gasteiger partial charge is 0.477 e. The topological polar surface area (TPSA) is 70.3 Å². The molecule has 1 aromatic heterocycles. The Kier molecular flexibility index (Phi) is 4.98. The van der Waals surface area contributed by atoms with Crippen LogP contribution in [0.1, 0.15) is 31.7 Å². The zero-order valence-electron chi connectivity index (χ0n) is 11.2. The van der Waals surface area contributed by atoms with Crippen molar-refractivity contribution in [3.05, 3.63) is 17.6 Å². The molecule has 0 amide bonds. The molecule has 0 spiro atoms. The van der Waals surface area contributed by atoms with E-state index in [4.69, 9.17) is 27.4 Å². The van der Waals surface area contributed by atoms with Crippen molar-refractivity contribution < 1.29 is 9.47 Å². The predicted molar refractivity (Wildman–Crippen MR) is 73.9 cm³/mol. The Morgan fingerprint density at radius 3 is 2.72 bits per heavy atom. The summed E-state index contributed by atoms with van der Waals surface area (Å²) < 4.78 is 10.9. The molecule has 0 aromatic carbocycles. The first-order chi connectivity index (χ1) is 8.35. The molecule has 0 saturated carbocycles. The summed E-state index contributed by atoms with van der Waals surface area (Å²) in [6.07, 6.45) is 2.32. The molecule has 0 radical (unpaired) electrons. The molecule has 18 heavy (non-hydrogen) atoms. The molecule has 1 heterocycles. The fourth-order valence-corrected chi connectivity index (χ4v) is 1.36. The summed E-state index contributed by atoms with van der Waals surface area (Å²) in [4.78, 5) is 8.48. The van der Waals surface area contributed by atoms with Crippen LogP contribution in [0.2, 0.25) is 0 Å². The van der Waals surface area contributed by atoms with Crippen LogP contribution in [0.4, 0.5) is 0 Å². The number of rotatable bonds is 6. The lowest BCUT2D eigenvalue weighted by atomic mass is 10.1. The predicted octanol–water partition coefficient (Wildman–Crippen LogP) is 1.61. The quantitative estimate of drug-likeness (QED) is 0.791. The van der Waals surface area contributed by atoms with Crippen molar-refractivity contribution in [3.8, 4) is 5.88 Å². The average Bonchev–Trinajstić information content (AvgIpc) is 2.28. The van der Waals surface area contributed by atoms with E-state index in [1.807, 2.05) is 13.8 Å². The Morgan fingerprint density at radius 2 is 2.17 bits per heavy atom. The lowest BCUT2D eigenvalue weighted by molar-refractivity contribution is 0.00505. The lowest BCUT2D eigenvalue weighted by Gasteiger charge is -2.22. The van der Waals surface area contributed by atoms with Gasteiger partial charge in [0.2, 0.25) is 5.88 Å². The van der Waals surface area contributed by atoms with Crippen LogP contribution in [0.15, 0.2) is 6.20 Å². The van der Waals surface area contributed by atoms with Gasteiger partial charge < -0.3 is 15.2 Å². The van der Waals surface area contributed by atoms with E-state index in [1.54, 1.807) is 20.2 Å². The fraction of sp³-hybridized carbons (Fsp3) is 0.583. The van der Waals surface area contributed by atoms with Gasteiger partial charge in [0.05, 0.1) is 17.8 Å². The van der Waals surface area contributed by atoms with Gasteiger partial charge in [-0.1, -0.05) is 12.2 Å². The Labute approximate surface area is 113 Å². The average molecular weight is 269 g/mol. The third-order valence-corrected chi connectivity index (χ3v) is 2.86. The van der Waals surface area contributed by atoms with E-state index < -0.39 is 0 Å². The molecular weight excluding hydrogens is 250 g/mol. The van der Waals surface area contributed by atoms with Crippen LogP contribution < -0.4 is 10.5 Å². The van der Waals surface area contributed by atoms with E-state index >= 15 is 0 Å². The highest BCUT2D eigenvalue weighted by molar-refractivity contribution is 7.80. The zero-order chi connectivity index (χ0) is 13.8. The molecule has 1 aromatic rings. The Balaban J connectivity index is 2.72. The first kappa shape index (κ1) is 14.8. The zero-order valence-corrected chi connectivity index (χ0v) is 12.0. The first-order valence-electron chi connectivity index (χ1n) is 5.67. The third kappa shape index (κ3) is 4.19. The number of hydrogen-bond donors (Lipinski definition) is 1. The second kappa shape index (κ2) is 6.06. The van der Waals surface area contributed by atoms with Crippen molar-refractivity contribution in [2.24, 2.45) is 5.73 Å². The smallest absolute Gasteiger partial charge is 0.227 e. The van der Waals surface area contributed by atoms with Gasteiger partial charge in [-0.3, -0.25) is 0 Å². The van der Waals surface area contributed by atoms with Crippen molar-refractivity contribution in [1.29, 1.82) is 0 Å². The van der Waals surface area contributed by atoms with Crippen LogP contribution in [0.5, 0.6) is 5.88 Å². The minimum atomic E-state index is -0.231. The molecule has 6 heteroatoms. The summed E-state index contributed by atoms with van der Waals surface area (Å²) in [6, 6.07) is 0. The molecule has 0 aliphatic rings. The molecular formula is C12H19N3O2S. The highest BCUT2D eigenvalue weighted by Crippen LogP contribution is 2.17. The summed E-state index contributed by atoms with van der Waals surface area (Å²) in [5, 5.41) is 0. The fourth-order valence-electron chi connectivity index (χ4n) is 1.22. The number of methoxy groups -OCH3 is 1. The Hall–Kier alpha value is -1.27. The number of nitrogens with zero attached hydrogens (tertiary/aromatic N) is 2. The monoisotopic (exact) mass is 269 g/mol. The molecule has 0 aliphatic carbocycles. The van der Waals surface area contributed by atoms with Crippen LogP contribution in [-0.2, 0) is 4.74 Å². The molecule has 5 nitrogen and oxygen atoms in total. The minimum Gasteiger partial charge on any atom is -0.477 e. The molecule has 1 rings (SSSR count). The number of thiocarbonyl (C=S) groups is 1. The van der Waals surface area contributed by atoms with Gasteiger partial charge in [0.15, 0.2) is 0 Å². The molecule has 100 valence electrons. The van der Waals surface area contributed by atoms with Crippen LogP contribution in [0, 0.1) is 6.92 Å². The number of ether oxygens (including phenoxy) is 2. The molecule has 2 N–H and O–H groups in total. The molecule has 0 fully saturated rings. The summed E-state index contributed by atoms with van der Waals surface area (Å²) in [5.74, 6) is 1.05. The molecule has 0 saturated heterocycles. The van der Waals surface area contributed by atoms with Crippen LogP contribution in [0.25, 0.3) is 0 Å². The van der Waals surface area contributed by atoms with Crippen molar-refractivity contribution in [2.45, 2.75) is 32.8 Å². The van der Waals surface area contributed by atoms with Crippen molar-refractivity contribution in [2.75, 3.05) is 13.7 Å². The summed E-state index contributed by atoms with van der Waals surface area (Å²) in [6.45, 7) is 6.26. The van der Waals surface area contributed by atoms with Gasteiger partial charge >= 0.3 is 0 Å². The minimum absolute atomic E-state index is 0.231. The van der Waals surface area contributed by atoms with Gasteiger partial charge in [-0.05, 0) is 20.8 Å². The number of nitrogens with two attached hydrogens (primary N) is 1. The van der Waals surface area contributed by atoms with Gasteiger partial charge in [0, 0.05) is 19.7 Å². The Bertz CT molecular complexity index is 435. The third-order valence-electron chi connectivity index (χ3n) is 2.64. The van der Waals surface area contributed by atoms with E-state index in [1.165, 1.54) is 0 Å². The van der Waals surface area contributed by atoms with E-state index in [2.05, 4.69) is 9.97 Å². The van der Waals surface area contributed by atoms with Gasteiger partial charge in [-0.25, -0.2) is 4.98 Å². The molecule has 0 bridgehead atoms. The highest BCUT2D eigenvalue weighted by atomic mass is 32.1. The standard InChI is InChI=1S/C12H19N3O2S/c1-8-14-7-9(10(13)18)11(15-8)17-6-5-12(2,3)16-4/h7H,5-6H2,1-4H3,(H2,13,18). The summed E-state index contributed by atoms with van der Waals surface area (Å²) >= 11 is 4.93. The number of aryl methyl sites for hydroxylation is 1. The normalized spacial score (nSPS) is 11.3. The van der Waals surface area contributed by atoms with Gasteiger partial charge in [0.25, 0.3) is 0 Å². The maximum atomic E-state index is 5.62. The van der Waals surface area contributed by atoms with Crippen LogP contribution >= 0.6 is 12.2 Å². The van der Waals surface area contributed by atoms with Crippen molar-refractivity contribution >= 4 is 17.2 Å². The highest BCUT2D eigenvalue weighted by Gasteiger charge is 2.17. The van der Waals surface area contributed by atoms with Gasteiger partial charge in [0.1, 0.15) is 10.8 Å². The van der Waals surface area contributed by atoms with E-state index in [9.17, 15) is 0 Å². The molecule has 0 atom stereocenters. The molecule has 0 aliphatic heterocycles. The van der Waals surface area contributed by atoms with Crippen molar-refractivity contribution in [1.82, 2.24) is 9.97 Å². The number of aromatic nitrogens is 2. The molecule has 0 unspecified atom stereocenters. The van der Waals surface area contributed by atoms with E-state index in [-0.39, 0.29) is 10.6 Å². The second-order valence-corrected chi connectivity index (χ2v) is 5.00. The Morgan fingerprint density at radius 1 is 1.50 bits per heavy atom. The number of hydrogen-bond acceptors (Lipinski definition) is 5.